The van der Waals surface area contributed by atoms with Crippen molar-refractivity contribution in [3.63, 3.8) is 0 Å². The van der Waals surface area contributed by atoms with Crippen molar-refractivity contribution in [1.29, 1.82) is 0 Å². The summed E-state index contributed by atoms with van der Waals surface area (Å²) in [6, 6.07) is 63.3. The highest BCUT2D eigenvalue weighted by atomic mass is 15.0. The molecule has 1 aliphatic rings. The van der Waals surface area contributed by atoms with Crippen LogP contribution in [0.25, 0.3) is 77.2 Å². The van der Waals surface area contributed by atoms with Crippen molar-refractivity contribution in [2.24, 2.45) is 0 Å². The maximum absolute atomic E-state index is 5.03. The van der Waals surface area contributed by atoms with Gasteiger partial charge < -0.3 is 9.13 Å². The van der Waals surface area contributed by atoms with Crippen molar-refractivity contribution in [3.8, 4) is 33.6 Å². The molecule has 5 aromatic heterocycles. The van der Waals surface area contributed by atoms with Gasteiger partial charge >= 0.3 is 0 Å². The number of hydrogen-bond acceptors (Lipinski definition) is 3. The van der Waals surface area contributed by atoms with E-state index in [-0.39, 0.29) is 0 Å². The van der Waals surface area contributed by atoms with Crippen LogP contribution in [-0.4, -0.2) is 24.1 Å². The number of para-hydroxylation sites is 2. The lowest BCUT2D eigenvalue weighted by molar-refractivity contribution is 0.706. The molecule has 1 aliphatic carbocycles. The average Bonchev–Trinajstić information content (AvgIpc) is 3.90. The molecule has 5 heteroatoms. The molecule has 5 heterocycles. The molecule has 11 aromatic rings. The third-order valence-corrected chi connectivity index (χ3v) is 12.0. The zero-order valence-corrected chi connectivity index (χ0v) is 30.8. The number of rotatable bonds is 5. The van der Waals surface area contributed by atoms with E-state index in [2.05, 4.69) is 178 Å². The quantitative estimate of drug-likeness (QED) is 0.177. The fourth-order valence-corrected chi connectivity index (χ4v) is 9.57. The van der Waals surface area contributed by atoms with E-state index in [4.69, 9.17) is 9.97 Å². The van der Waals surface area contributed by atoms with Crippen LogP contribution >= 0.6 is 0 Å². The maximum Gasteiger partial charge on any atom is 0.106 e. The minimum Gasteiger partial charge on any atom is -0.309 e. The zero-order chi connectivity index (χ0) is 37.5. The van der Waals surface area contributed by atoms with Gasteiger partial charge in [-0.1, -0.05) is 97.1 Å². The van der Waals surface area contributed by atoms with Gasteiger partial charge in [-0.15, -0.1) is 0 Å². The van der Waals surface area contributed by atoms with Crippen LogP contribution in [0.5, 0.6) is 0 Å². The summed E-state index contributed by atoms with van der Waals surface area (Å²) < 4.78 is 4.74. The number of aromatic nitrogens is 5. The molecule has 0 amide bonds. The van der Waals surface area contributed by atoms with E-state index in [1.54, 1.807) is 0 Å². The van der Waals surface area contributed by atoms with Gasteiger partial charge in [-0.25, -0.2) is 0 Å². The van der Waals surface area contributed by atoms with Gasteiger partial charge in [0.15, 0.2) is 0 Å². The Bertz CT molecular complexity index is 3230. The second kappa shape index (κ2) is 12.2. The van der Waals surface area contributed by atoms with Crippen LogP contribution in [0.4, 0.5) is 0 Å². The summed E-state index contributed by atoms with van der Waals surface area (Å²) >= 11 is 0. The van der Waals surface area contributed by atoms with Crippen LogP contribution < -0.4 is 0 Å². The van der Waals surface area contributed by atoms with Gasteiger partial charge in [-0.3, -0.25) is 15.0 Å². The third-order valence-electron chi connectivity index (χ3n) is 12.0. The van der Waals surface area contributed by atoms with Crippen LogP contribution in [0.3, 0.4) is 0 Å². The van der Waals surface area contributed by atoms with Gasteiger partial charge in [0.2, 0.25) is 0 Å². The summed E-state index contributed by atoms with van der Waals surface area (Å²) in [6.07, 6.45) is 7.62. The first-order valence-corrected chi connectivity index (χ1v) is 19.3. The van der Waals surface area contributed by atoms with Crippen LogP contribution in [0.2, 0.25) is 0 Å². The smallest absolute Gasteiger partial charge is 0.106 e. The molecule has 12 rings (SSSR count). The molecular formula is C52H33N5. The fourth-order valence-electron chi connectivity index (χ4n) is 9.57. The Hall–Kier alpha value is -7.63. The first-order chi connectivity index (χ1) is 28.3. The maximum atomic E-state index is 5.03. The Kier molecular flexibility index (Phi) is 6.78. The Morgan fingerprint density at radius 3 is 1.54 bits per heavy atom. The van der Waals surface area contributed by atoms with Crippen LogP contribution in [0, 0.1) is 0 Å². The van der Waals surface area contributed by atoms with E-state index in [9.17, 15) is 0 Å². The van der Waals surface area contributed by atoms with Crippen molar-refractivity contribution in [2.45, 2.75) is 5.41 Å². The molecule has 266 valence electrons. The van der Waals surface area contributed by atoms with E-state index >= 15 is 0 Å². The standard InChI is InChI=1S/C52H33N5/c1-4-14-44-38(11-1)41-32-49-42(31-45(41)52(44,50-17-7-9-28-54-50)51-18-8-10-29-55-51)39-12-2-5-15-46(39)57(49)37-25-21-35(22-26-37)34-19-23-36(24-20-34)56-47-16-6-3-13-40(47)43-33-53-30-27-48(43)56/h1-33H. The molecule has 0 unspecified atom stereocenters. The monoisotopic (exact) mass is 727 g/mol. The Balaban J connectivity index is 1.00. The van der Waals surface area contributed by atoms with Gasteiger partial charge in [0.05, 0.1) is 33.5 Å². The molecule has 0 spiro atoms. The van der Waals surface area contributed by atoms with Crippen molar-refractivity contribution in [3.05, 3.63) is 223 Å². The third kappa shape index (κ3) is 4.48. The number of fused-ring (bicyclic) bond motifs is 9. The van der Waals surface area contributed by atoms with Gasteiger partial charge in [0, 0.05) is 57.7 Å². The lowest BCUT2D eigenvalue weighted by atomic mass is 9.72. The van der Waals surface area contributed by atoms with Gasteiger partial charge in [-0.2, -0.15) is 0 Å². The topological polar surface area (TPSA) is 48.5 Å². The SMILES string of the molecule is c1ccc(C2(c3ccccn3)c3ccccc3-c3cc4c(cc32)c2ccccc2n4-c2ccc(-c3ccc(-n4c5ccccc5c5cnccc54)cc3)cc2)nc1. The second-order valence-electron chi connectivity index (χ2n) is 14.8. The summed E-state index contributed by atoms with van der Waals surface area (Å²) in [4.78, 5) is 14.5. The summed E-state index contributed by atoms with van der Waals surface area (Å²) in [7, 11) is 0. The molecule has 6 aromatic carbocycles. The molecular weight excluding hydrogens is 695 g/mol. The molecule has 0 saturated heterocycles. The second-order valence-corrected chi connectivity index (χ2v) is 14.8. The number of pyridine rings is 3. The van der Waals surface area contributed by atoms with Crippen molar-refractivity contribution in [1.82, 2.24) is 24.1 Å². The molecule has 0 aliphatic heterocycles. The summed E-state index contributed by atoms with van der Waals surface area (Å²) in [6.45, 7) is 0. The predicted molar refractivity (Wildman–Crippen MR) is 231 cm³/mol. The average molecular weight is 728 g/mol. The minimum absolute atomic E-state index is 0.665. The Labute approximate surface area is 328 Å². The predicted octanol–water partition coefficient (Wildman–Crippen LogP) is 12.1. The van der Waals surface area contributed by atoms with Crippen LogP contribution in [0.15, 0.2) is 201 Å². The van der Waals surface area contributed by atoms with Crippen molar-refractivity contribution >= 4 is 43.6 Å². The fraction of sp³-hybridized carbons (Fsp3) is 0.0192. The zero-order valence-electron chi connectivity index (χ0n) is 30.8. The molecule has 0 bridgehead atoms. The molecule has 5 nitrogen and oxygen atoms in total. The highest BCUT2D eigenvalue weighted by Crippen LogP contribution is 2.56. The number of hydrogen-bond donors (Lipinski definition) is 0. The summed E-state index contributed by atoms with van der Waals surface area (Å²) in [5.74, 6) is 0. The first kappa shape index (κ1) is 31.7. The van der Waals surface area contributed by atoms with Crippen LogP contribution in [0.1, 0.15) is 22.5 Å². The van der Waals surface area contributed by atoms with E-state index in [1.165, 1.54) is 66.1 Å². The van der Waals surface area contributed by atoms with Crippen LogP contribution in [-0.2, 0) is 5.41 Å². The summed E-state index contributed by atoms with van der Waals surface area (Å²) in [5, 5.41) is 4.78. The lowest BCUT2D eigenvalue weighted by Crippen LogP contribution is -2.30. The van der Waals surface area contributed by atoms with Gasteiger partial charge in [-0.05, 0) is 112 Å². The number of nitrogens with zero attached hydrogens (tertiary/aromatic N) is 5. The lowest BCUT2D eigenvalue weighted by Gasteiger charge is -2.31. The molecule has 0 saturated carbocycles. The van der Waals surface area contributed by atoms with Crippen molar-refractivity contribution < 1.29 is 0 Å². The molecule has 0 N–H and O–H groups in total. The Morgan fingerprint density at radius 2 is 0.912 bits per heavy atom. The first-order valence-electron chi connectivity index (χ1n) is 19.3. The minimum atomic E-state index is -0.665. The molecule has 57 heavy (non-hydrogen) atoms. The van der Waals surface area contributed by atoms with Gasteiger partial charge in [0.25, 0.3) is 0 Å². The largest absolute Gasteiger partial charge is 0.309 e. The van der Waals surface area contributed by atoms with Crippen molar-refractivity contribution in [2.75, 3.05) is 0 Å². The summed E-state index contributed by atoms with van der Waals surface area (Å²) in [5.41, 5.74) is 15.3. The molecule has 0 fully saturated rings. The van der Waals surface area contributed by atoms with E-state index in [0.29, 0.717) is 0 Å². The molecule has 0 atom stereocenters. The number of benzene rings is 6. The van der Waals surface area contributed by atoms with Gasteiger partial charge in [0.1, 0.15) is 5.41 Å². The normalized spacial score (nSPS) is 13.1. The van der Waals surface area contributed by atoms with E-state index < -0.39 is 5.41 Å². The molecule has 0 radical (unpaired) electrons. The highest BCUT2D eigenvalue weighted by Gasteiger charge is 2.48. The van der Waals surface area contributed by atoms with E-state index in [0.717, 1.165) is 33.7 Å². The Morgan fingerprint density at radius 1 is 0.368 bits per heavy atom. The van der Waals surface area contributed by atoms with E-state index in [1.807, 2.05) is 36.9 Å². The highest BCUT2D eigenvalue weighted by molar-refractivity contribution is 6.12.